The highest BCUT2D eigenvalue weighted by atomic mass is 16.7. The molecule has 196 valence electrons. The Kier molecular flexibility index (Phi) is 7.60. The standard InChI is InChI=1S/C29H41N3O4/c1-7-20-14-22(15-20)35-21-8-9-25(31-17-21)24-18-30-19(2)23(16-26(33)36-29(5,6)34)27(24)32-12-10-28(3,4)11-13-32/h8-9,17-18,20,22,34H,7,10-16H2,1-6H3. The lowest BCUT2D eigenvalue weighted by molar-refractivity contribution is -0.194. The molecular weight excluding hydrogens is 454 g/mol. The van der Waals surface area contributed by atoms with Crippen LogP contribution in [0.15, 0.2) is 24.5 Å². The number of hydrogen-bond acceptors (Lipinski definition) is 7. The minimum atomic E-state index is -1.53. The van der Waals surface area contributed by atoms with Gasteiger partial charge in [0, 0.05) is 50.0 Å². The van der Waals surface area contributed by atoms with Gasteiger partial charge in [0.1, 0.15) is 5.75 Å². The summed E-state index contributed by atoms with van der Waals surface area (Å²) in [4.78, 5) is 24.5. The molecule has 1 saturated carbocycles. The number of hydrogen-bond donors (Lipinski definition) is 1. The third kappa shape index (κ3) is 6.36. The number of carbonyl (C=O) groups is 1. The van der Waals surface area contributed by atoms with Gasteiger partial charge in [0.2, 0.25) is 5.79 Å². The predicted molar refractivity (Wildman–Crippen MR) is 141 cm³/mol. The molecule has 1 saturated heterocycles. The summed E-state index contributed by atoms with van der Waals surface area (Å²) in [6, 6.07) is 3.96. The normalized spacial score (nSPS) is 21.6. The summed E-state index contributed by atoms with van der Waals surface area (Å²) in [5.74, 6) is -0.445. The van der Waals surface area contributed by atoms with Crippen molar-refractivity contribution >= 4 is 11.7 Å². The quantitative estimate of drug-likeness (QED) is 0.384. The average molecular weight is 496 g/mol. The number of anilines is 1. The van der Waals surface area contributed by atoms with E-state index in [1.54, 1.807) is 6.20 Å². The molecule has 7 heteroatoms. The van der Waals surface area contributed by atoms with E-state index in [1.165, 1.54) is 20.3 Å². The van der Waals surface area contributed by atoms with Gasteiger partial charge in [0.15, 0.2) is 0 Å². The van der Waals surface area contributed by atoms with Gasteiger partial charge >= 0.3 is 5.97 Å². The molecule has 0 spiro atoms. The van der Waals surface area contributed by atoms with E-state index in [0.717, 1.165) is 78.6 Å². The van der Waals surface area contributed by atoms with Crippen LogP contribution in [0.3, 0.4) is 0 Å². The number of aryl methyl sites for hydroxylation is 1. The maximum Gasteiger partial charge on any atom is 0.312 e. The molecule has 1 aliphatic carbocycles. The van der Waals surface area contributed by atoms with Gasteiger partial charge in [-0.2, -0.15) is 0 Å². The fourth-order valence-corrected chi connectivity index (χ4v) is 5.10. The fraction of sp³-hybridized carbons (Fsp3) is 0.621. The van der Waals surface area contributed by atoms with E-state index in [9.17, 15) is 9.90 Å². The first-order valence-electron chi connectivity index (χ1n) is 13.2. The Bertz CT molecular complexity index is 1060. The molecule has 7 nitrogen and oxygen atoms in total. The number of piperidine rings is 1. The van der Waals surface area contributed by atoms with Crippen molar-refractivity contribution in [3.05, 3.63) is 35.8 Å². The molecule has 2 aromatic heterocycles. The van der Waals surface area contributed by atoms with Crippen molar-refractivity contribution in [3.63, 3.8) is 0 Å². The molecule has 4 rings (SSSR count). The Morgan fingerprint density at radius 3 is 2.44 bits per heavy atom. The lowest BCUT2D eigenvalue weighted by Crippen LogP contribution is -2.38. The molecular formula is C29H41N3O4. The smallest absolute Gasteiger partial charge is 0.312 e. The van der Waals surface area contributed by atoms with Crippen LogP contribution >= 0.6 is 0 Å². The summed E-state index contributed by atoms with van der Waals surface area (Å²) in [6.45, 7) is 13.4. The lowest BCUT2D eigenvalue weighted by Gasteiger charge is -2.40. The van der Waals surface area contributed by atoms with Crippen LogP contribution in [0.1, 0.15) is 78.0 Å². The van der Waals surface area contributed by atoms with E-state index < -0.39 is 11.8 Å². The Morgan fingerprint density at radius 2 is 1.86 bits per heavy atom. The maximum atomic E-state index is 12.7. The van der Waals surface area contributed by atoms with Crippen molar-refractivity contribution in [2.75, 3.05) is 18.0 Å². The summed E-state index contributed by atoms with van der Waals surface area (Å²) in [7, 11) is 0. The van der Waals surface area contributed by atoms with Crippen LogP contribution in [0.5, 0.6) is 5.75 Å². The Hall–Kier alpha value is -2.67. The van der Waals surface area contributed by atoms with Crippen LogP contribution in [-0.2, 0) is 16.0 Å². The molecule has 3 heterocycles. The van der Waals surface area contributed by atoms with Crippen LogP contribution < -0.4 is 9.64 Å². The number of ether oxygens (including phenoxy) is 2. The molecule has 0 atom stereocenters. The van der Waals surface area contributed by atoms with Crippen LogP contribution in [0.25, 0.3) is 11.3 Å². The third-order valence-corrected chi connectivity index (χ3v) is 7.57. The molecule has 2 fully saturated rings. The number of nitrogens with zero attached hydrogens (tertiary/aromatic N) is 3. The number of carbonyl (C=O) groups excluding carboxylic acids is 1. The van der Waals surface area contributed by atoms with Gasteiger partial charge in [-0.1, -0.05) is 27.2 Å². The predicted octanol–water partition coefficient (Wildman–Crippen LogP) is 5.46. The molecule has 0 aromatic carbocycles. The number of aliphatic hydroxyl groups is 1. The van der Waals surface area contributed by atoms with Crippen molar-refractivity contribution in [1.29, 1.82) is 0 Å². The summed E-state index contributed by atoms with van der Waals surface area (Å²) in [5.41, 5.74) is 4.57. The Morgan fingerprint density at radius 1 is 1.17 bits per heavy atom. The number of pyridine rings is 2. The van der Waals surface area contributed by atoms with Crippen molar-refractivity contribution in [2.45, 2.75) is 92.0 Å². The van der Waals surface area contributed by atoms with Crippen molar-refractivity contribution in [2.24, 2.45) is 11.3 Å². The molecule has 0 radical (unpaired) electrons. The first-order valence-corrected chi connectivity index (χ1v) is 13.2. The average Bonchev–Trinajstić information content (AvgIpc) is 2.77. The van der Waals surface area contributed by atoms with Gasteiger partial charge in [-0.3, -0.25) is 14.8 Å². The molecule has 1 N–H and O–H groups in total. The zero-order chi connectivity index (χ0) is 26.1. The number of rotatable bonds is 8. The second-order valence-electron chi connectivity index (χ2n) is 11.7. The highest BCUT2D eigenvalue weighted by Crippen LogP contribution is 2.40. The van der Waals surface area contributed by atoms with Gasteiger partial charge in [0.05, 0.1) is 30.1 Å². The molecule has 0 unspecified atom stereocenters. The Balaban J connectivity index is 1.64. The van der Waals surface area contributed by atoms with Crippen LogP contribution in [0.4, 0.5) is 5.69 Å². The summed E-state index contributed by atoms with van der Waals surface area (Å²) in [6.07, 6.45) is 9.51. The maximum absolute atomic E-state index is 12.7. The lowest BCUT2D eigenvalue weighted by atomic mass is 9.80. The van der Waals surface area contributed by atoms with Crippen molar-refractivity contribution in [3.8, 4) is 17.0 Å². The minimum Gasteiger partial charge on any atom is -0.489 e. The minimum absolute atomic E-state index is 0.0351. The summed E-state index contributed by atoms with van der Waals surface area (Å²) >= 11 is 0. The van der Waals surface area contributed by atoms with Crippen LogP contribution in [-0.4, -0.2) is 46.0 Å². The van der Waals surface area contributed by atoms with E-state index in [4.69, 9.17) is 14.5 Å². The molecule has 36 heavy (non-hydrogen) atoms. The van der Waals surface area contributed by atoms with Gasteiger partial charge in [0.25, 0.3) is 0 Å². The number of esters is 1. The van der Waals surface area contributed by atoms with Crippen molar-refractivity contribution < 1.29 is 19.4 Å². The van der Waals surface area contributed by atoms with E-state index in [0.29, 0.717) is 0 Å². The van der Waals surface area contributed by atoms with E-state index in [2.05, 4.69) is 30.7 Å². The summed E-state index contributed by atoms with van der Waals surface area (Å²) < 4.78 is 11.4. The number of aromatic nitrogens is 2. The zero-order valence-electron chi connectivity index (χ0n) is 22.6. The highest BCUT2D eigenvalue weighted by Gasteiger charge is 2.31. The zero-order valence-corrected chi connectivity index (χ0v) is 22.6. The van der Waals surface area contributed by atoms with Gasteiger partial charge in [-0.25, -0.2) is 0 Å². The van der Waals surface area contributed by atoms with Crippen molar-refractivity contribution in [1.82, 2.24) is 9.97 Å². The second-order valence-corrected chi connectivity index (χ2v) is 11.7. The van der Waals surface area contributed by atoms with Gasteiger partial charge in [-0.15, -0.1) is 0 Å². The second kappa shape index (κ2) is 10.4. The van der Waals surface area contributed by atoms with Gasteiger partial charge < -0.3 is 19.5 Å². The molecule has 0 bridgehead atoms. The fourth-order valence-electron chi connectivity index (χ4n) is 5.10. The SMILES string of the molecule is CCC1CC(Oc2ccc(-c3cnc(C)c(CC(=O)OC(C)(C)O)c3N3CCC(C)(C)CC3)nc2)C1. The topological polar surface area (TPSA) is 84.8 Å². The Labute approximate surface area is 215 Å². The van der Waals surface area contributed by atoms with E-state index in [1.807, 2.05) is 25.3 Å². The van der Waals surface area contributed by atoms with Crippen LogP contribution in [0.2, 0.25) is 0 Å². The molecule has 0 amide bonds. The molecule has 2 aliphatic rings. The van der Waals surface area contributed by atoms with Gasteiger partial charge in [-0.05, 0) is 56.1 Å². The van der Waals surface area contributed by atoms with Crippen LogP contribution in [0, 0.1) is 18.3 Å². The first-order chi connectivity index (χ1) is 16.9. The molecule has 2 aromatic rings. The summed E-state index contributed by atoms with van der Waals surface area (Å²) in [5, 5.41) is 9.99. The first kappa shape index (κ1) is 26.4. The monoisotopic (exact) mass is 495 g/mol. The highest BCUT2D eigenvalue weighted by molar-refractivity contribution is 5.84. The van der Waals surface area contributed by atoms with E-state index >= 15 is 0 Å². The van der Waals surface area contributed by atoms with E-state index in [-0.39, 0.29) is 17.9 Å². The largest absolute Gasteiger partial charge is 0.489 e. The third-order valence-electron chi connectivity index (χ3n) is 7.57. The molecule has 1 aliphatic heterocycles.